The van der Waals surface area contributed by atoms with E-state index in [1.807, 2.05) is 18.2 Å². The lowest BCUT2D eigenvalue weighted by Crippen LogP contribution is -2.39. The zero-order chi connectivity index (χ0) is 18.5. The van der Waals surface area contributed by atoms with Crippen molar-refractivity contribution in [1.82, 2.24) is 14.7 Å². The van der Waals surface area contributed by atoms with Crippen LogP contribution in [0.3, 0.4) is 0 Å². The number of nitrogens with zero attached hydrogens (tertiary/aromatic N) is 3. The number of ether oxygens (including phenoxy) is 1. The van der Waals surface area contributed by atoms with Crippen molar-refractivity contribution in [1.29, 1.82) is 0 Å². The maximum absolute atomic E-state index is 12.3. The van der Waals surface area contributed by atoms with Gasteiger partial charge in [0.15, 0.2) is 0 Å². The van der Waals surface area contributed by atoms with Crippen LogP contribution < -0.4 is 10.9 Å². The summed E-state index contributed by atoms with van der Waals surface area (Å²) >= 11 is 0. The molecule has 1 aliphatic rings. The first-order valence-electron chi connectivity index (χ1n) is 8.43. The molecule has 0 radical (unpaired) electrons. The molecule has 2 amide bonds. The van der Waals surface area contributed by atoms with Gasteiger partial charge in [0.2, 0.25) is 5.91 Å². The molecule has 2 heterocycles. The number of benzene rings is 1. The number of nitrogens with one attached hydrogen (secondary N) is 1. The van der Waals surface area contributed by atoms with Gasteiger partial charge in [-0.15, -0.1) is 0 Å². The quantitative estimate of drug-likeness (QED) is 0.894. The lowest BCUT2D eigenvalue weighted by Gasteiger charge is -2.27. The highest BCUT2D eigenvalue weighted by molar-refractivity contribution is 5.90. The summed E-state index contributed by atoms with van der Waals surface area (Å²) in [6.07, 6.45) is 0.110. The first-order valence-corrected chi connectivity index (χ1v) is 8.43. The first kappa shape index (κ1) is 17.7. The summed E-state index contributed by atoms with van der Waals surface area (Å²) in [7, 11) is 0. The summed E-state index contributed by atoms with van der Waals surface area (Å²) in [5.41, 5.74) is 1.69. The minimum atomic E-state index is -0.399. The third-order valence-corrected chi connectivity index (χ3v) is 4.02. The molecule has 2 aromatic rings. The highest BCUT2D eigenvalue weighted by Gasteiger charge is 2.24. The Labute approximate surface area is 150 Å². The first-order chi connectivity index (χ1) is 12.6. The highest BCUT2D eigenvalue weighted by atomic mass is 16.6. The molecule has 1 aromatic carbocycles. The molecule has 1 aliphatic heterocycles. The van der Waals surface area contributed by atoms with Gasteiger partial charge >= 0.3 is 6.09 Å². The fourth-order valence-corrected chi connectivity index (χ4v) is 2.78. The second-order valence-electron chi connectivity index (χ2n) is 5.90. The zero-order valence-electron chi connectivity index (χ0n) is 14.5. The van der Waals surface area contributed by atoms with Gasteiger partial charge in [-0.3, -0.25) is 9.59 Å². The van der Waals surface area contributed by atoms with Crippen LogP contribution in [0.15, 0.2) is 41.2 Å². The molecular weight excluding hydrogens is 336 g/mol. The highest BCUT2D eigenvalue weighted by Crippen LogP contribution is 2.16. The maximum atomic E-state index is 12.3. The van der Waals surface area contributed by atoms with Gasteiger partial charge in [-0.2, -0.15) is 5.10 Å². The summed E-state index contributed by atoms with van der Waals surface area (Å²) in [4.78, 5) is 37.8. The van der Waals surface area contributed by atoms with Crippen LogP contribution in [0.5, 0.6) is 0 Å². The van der Waals surface area contributed by atoms with Crippen LogP contribution in [0.4, 0.5) is 10.5 Å². The molecule has 0 atom stereocenters. The maximum Gasteiger partial charge on any atom is 0.410 e. The van der Waals surface area contributed by atoms with E-state index in [1.54, 1.807) is 24.0 Å². The molecule has 0 spiro atoms. The van der Waals surface area contributed by atoms with Crippen molar-refractivity contribution in [3.8, 4) is 0 Å². The van der Waals surface area contributed by atoms with Crippen molar-refractivity contribution in [3.05, 3.63) is 58.0 Å². The number of aromatic nitrogens is 2. The van der Waals surface area contributed by atoms with E-state index in [1.165, 1.54) is 6.07 Å². The Morgan fingerprint density at radius 2 is 2.04 bits per heavy atom. The van der Waals surface area contributed by atoms with Crippen LogP contribution in [0, 0.1) is 0 Å². The molecule has 26 heavy (non-hydrogen) atoms. The summed E-state index contributed by atoms with van der Waals surface area (Å²) in [6, 6.07) is 10.5. The van der Waals surface area contributed by atoms with Crippen LogP contribution in [-0.2, 0) is 29.0 Å². The molecule has 0 aliphatic carbocycles. The van der Waals surface area contributed by atoms with Crippen LogP contribution >= 0.6 is 0 Å². The van der Waals surface area contributed by atoms with E-state index in [9.17, 15) is 14.4 Å². The number of rotatable bonds is 4. The summed E-state index contributed by atoms with van der Waals surface area (Å²) in [5.74, 6) is -0.324. The fraction of sp³-hybridized carbons (Fsp3) is 0.333. The van der Waals surface area contributed by atoms with Crippen molar-refractivity contribution in [3.63, 3.8) is 0 Å². The summed E-state index contributed by atoms with van der Waals surface area (Å²) in [6.45, 7) is 2.64. The molecule has 8 heteroatoms. The SMILES string of the molecule is CCOC(=O)N1CCc2nn(CC(=O)Nc3ccccc3)c(=O)cc2C1. The minimum Gasteiger partial charge on any atom is -0.450 e. The zero-order valence-corrected chi connectivity index (χ0v) is 14.5. The summed E-state index contributed by atoms with van der Waals surface area (Å²) in [5, 5.41) is 7.02. The molecule has 1 N–H and O–H groups in total. The Kier molecular flexibility index (Phi) is 5.31. The largest absolute Gasteiger partial charge is 0.450 e. The van der Waals surface area contributed by atoms with Gasteiger partial charge in [-0.05, 0) is 19.1 Å². The molecule has 1 aromatic heterocycles. The van der Waals surface area contributed by atoms with Crippen molar-refractivity contribution >= 4 is 17.7 Å². The minimum absolute atomic E-state index is 0.164. The Balaban J connectivity index is 1.70. The van der Waals surface area contributed by atoms with Crippen molar-refractivity contribution < 1.29 is 14.3 Å². The van der Waals surface area contributed by atoms with Crippen molar-refractivity contribution in [2.75, 3.05) is 18.5 Å². The van der Waals surface area contributed by atoms with Crippen LogP contribution in [0.2, 0.25) is 0 Å². The number of para-hydroxylation sites is 1. The predicted octanol–water partition coefficient (Wildman–Crippen LogP) is 1.40. The van der Waals surface area contributed by atoms with Crippen LogP contribution in [0.1, 0.15) is 18.2 Å². The van der Waals surface area contributed by atoms with E-state index in [0.717, 1.165) is 10.4 Å². The molecule has 8 nitrogen and oxygen atoms in total. The van der Waals surface area contributed by atoms with Crippen molar-refractivity contribution in [2.45, 2.75) is 26.4 Å². The molecular formula is C18H20N4O4. The third-order valence-electron chi connectivity index (χ3n) is 4.02. The van der Waals surface area contributed by atoms with Gasteiger partial charge in [-0.1, -0.05) is 18.2 Å². The van der Waals surface area contributed by atoms with E-state index < -0.39 is 6.09 Å². The number of carbonyl (C=O) groups is 2. The molecule has 3 rings (SSSR count). The molecule has 0 unspecified atom stereocenters. The average Bonchev–Trinajstić information content (AvgIpc) is 2.63. The number of fused-ring (bicyclic) bond motifs is 1. The van der Waals surface area contributed by atoms with Gasteiger partial charge in [0.1, 0.15) is 6.54 Å². The van der Waals surface area contributed by atoms with E-state index in [-0.39, 0.29) is 24.6 Å². The molecule has 0 bridgehead atoms. The number of hydrogen-bond acceptors (Lipinski definition) is 5. The average molecular weight is 356 g/mol. The lowest BCUT2D eigenvalue weighted by atomic mass is 10.1. The second-order valence-corrected chi connectivity index (χ2v) is 5.90. The standard InChI is InChI=1S/C18H20N4O4/c1-2-26-18(25)21-9-8-15-13(11-21)10-17(24)22(20-15)12-16(23)19-14-6-4-3-5-7-14/h3-7,10H,2,8-9,11-12H2,1H3,(H,19,23). The number of amides is 2. The van der Waals surface area contributed by atoms with E-state index in [0.29, 0.717) is 30.8 Å². The lowest BCUT2D eigenvalue weighted by molar-refractivity contribution is -0.117. The monoisotopic (exact) mass is 356 g/mol. The molecule has 136 valence electrons. The molecule has 0 saturated heterocycles. The predicted molar refractivity (Wildman–Crippen MR) is 94.7 cm³/mol. The number of carbonyl (C=O) groups excluding carboxylic acids is 2. The Morgan fingerprint density at radius 3 is 2.77 bits per heavy atom. The Hall–Kier alpha value is -3.16. The molecule has 0 saturated carbocycles. The van der Waals surface area contributed by atoms with Gasteiger partial charge in [0, 0.05) is 30.3 Å². The fourth-order valence-electron chi connectivity index (χ4n) is 2.78. The van der Waals surface area contributed by atoms with Gasteiger partial charge in [0.25, 0.3) is 5.56 Å². The van der Waals surface area contributed by atoms with Crippen molar-refractivity contribution in [2.24, 2.45) is 0 Å². The second kappa shape index (κ2) is 7.81. The summed E-state index contributed by atoms with van der Waals surface area (Å²) < 4.78 is 6.14. The smallest absolute Gasteiger partial charge is 0.410 e. The van der Waals surface area contributed by atoms with E-state index in [2.05, 4.69) is 10.4 Å². The van der Waals surface area contributed by atoms with E-state index in [4.69, 9.17) is 4.74 Å². The Morgan fingerprint density at radius 1 is 1.27 bits per heavy atom. The number of hydrogen-bond donors (Lipinski definition) is 1. The topological polar surface area (TPSA) is 93.5 Å². The third kappa shape index (κ3) is 4.08. The normalized spacial score (nSPS) is 13.0. The van der Waals surface area contributed by atoms with Gasteiger partial charge in [-0.25, -0.2) is 9.48 Å². The van der Waals surface area contributed by atoms with E-state index >= 15 is 0 Å². The van der Waals surface area contributed by atoms with Crippen LogP contribution in [-0.4, -0.2) is 39.8 Å². The van der Waals surface area contributed by atoms with Gasteiger partial charge in [0.05, 0.1) is 18.8 Å². The Bertz CT molecular complexity index is 863. The van der Waals surface area contributed by atoms with Crippen LogP contribution in [0.25, 0.3) is 0 Å². The number of anilines is 1. The molecule has 0 fully saturated rings. The van der Waals surface area contributed by atoms with Gasteiger partial charge < -0.3 is 15.0 Å².